The average Bonchev–Trinajstić information content (AvgIpc) is 3.39. The van der Waals surface area contributed by atoms with Gasteiger partial charge < -0.3 is 14.6 Å². The number of nitrogens with zero attached hydrogens (tertiary/aromatic N) is 2. The normalized spacial score (nSPS) is 16.9. The number of ether oxygens (including phenoxy) is 2. The zero-order valence-electron chi connectivity index (χ0n) is 19.1. The smallest absolute Gasteiger partial charge is 0.350 e. The molecule has 1 fully saturated rings. The largest absolute Gasteiger partial charge is 0.507 e. The molecule has 8 nitrogen and oxygen atoms in total. The molecular formula is C26H22N2O6S. The summed E-state index contributed by atoms with van der Waals surface area (Å²) in [5.41, 5.74) is 1.11. The first kappa shape index (κ1) is 23.9. The fourth-order valence-corrected chi connectivity index (χ4v) is 4.83. The van der Waals surface area contributed by atoms with E-state index in [2.05, 4.69) is 11.6 Å². The van der Waals surface area contributed by atoms with Gasteiger partial charge in [-0.2, -0.15) is 0 Å². The van der Waals surface area contributed by atoms with E-state index in [1.807, 2.05) is 0 Å². The Bertz CT molecular complexity index is 1340. The number of para-hydroxylation sites is 1. The molecule has 1 saturated heterocycles. The maximum atomic E-state index is 13.3. The Morgan fingerprint density at radius 3 is 2.54 bits per heavy atom. The van der Waals surface area contributed by atoms with Crippen molar-refractivity contribution in [3.63, 3.8) is 0 Å². The molecule has 1 unspecified atom stereocenters. The number of rotatable bonds is 7. The fraction of sp³-hybridized carbons (Fsp3) is 0.154. The molecule has 0 bridgehead atoms. The lowest BCUT2D eigenvalue weighted by Gasteiger charge is -2.24. The number of hydrogen-bond acceptors (Lipinski definition) is 8. The van der Waals surface area contributed by atoms with Crippen LogP contribution >= 0.6 is 11.3 Å². The number of aromatic nitrogens is 1. The van der Waals surface area contributed by atoms with Crippen LogP contribution in [0.4, 0.5) is 5.13 Å². The summed E-state index contributed by atoms with van der Waals surface area (Å²) in [5, 5.41) is 11.3. The van der Waals surface area contributed by atoms with Crippen molar-refractivity contribution in [3.05, 3.63) is 94.5 Å². The van der Waals surface area contributed by atoms with Crippen molar-refractivity contribution in [2.75, 3.05) is 18.6 Å². The molecule has 3 aromatic rings. The molecule has 2 heterocycles. The molecule has 1 amide bonds. The lowest BCUT2D eigenvalue weighted by molar-refractivity contribution is -0.132. The second kappa shape index (κ2) is 9.94. The van der Waals surface area contributed by atoms with Crippen molar-refractivity contribution in [2.24, 2.45) is 0 Å². The van der Waals surface area contributed by atoms with Crippen LogP contribution in [0.25, 0.3) is 5.76 Å². The monoisotopic (exact) mass is 490 g/mol. The molecule has 1 N–H and O–H groups in total. The first-order valence-corrected chi connectivity index (χ1v) is 11.5. The molecule has 35 heavy (non-hydrogen) atoms. The quantitative estimate of drug-likeness (QED) is 0.172. The fourth-order valence-electron chi connectivity index (χ4n) is 3.84. The highest BCUT2D eigenvalue weighted by Gasteiger charge is 2.49. The molecule has 0 saturated carbocycles. The van der Waals surface area contributed by atoms with Gasteiger partial charge in [-0.05, 0) is 13.0 Å². The summed E-state index contributed by atoms with van der Waals surface area (Å²) in [5.74, 6) is -2.26. The third-order valence-corrected chi connectivity index (χ3v) is 6.57. The first-order chi connectivity index (χ1) is 16.9. The standard InChI is InChI=1S/C26H22N2O6S/c1-4-14-34-25(32)23-15(2)27-26(35-23)28-20(17-12-8-9-13-18(17)33-3)19(22(30)24(28)31)21(29)16-10-6-5-7-11-16/h4-13,20,29H,1,14H2,2-3H3/b21-19+. The Balaban J connectivity index is 1.92. The number of aryl methyl sites for hydroxylation is 1. The molecule has 1 aliphatic rings. The Hall–Kier alpha value is -4.24. The third-order valence-electron chi connectivity index (χ3n) is 5.43. The van der Waals surface area contributed by atoms with Crippen molar-refractivity contribution >= 4 is 39.9 Å². The second-order valence-corrected chi connectivity index (χ2v) is 8.55. The van der Waals surface area contributed by atoms with E-state index < -0.39 is 23.7 Å². The number of benzene rings is 2. The van der Waals surface area contributed by atoms with Gasteiger partial charge in [-0.3, -0.25) is 14.5 Å². The van der Waals surface area contributed by atoms with Gasteiger partial charge in [-0.1, -0.05) is 72.5 Å². The molecule has 1 aliphatic heterocycles. The van der Waals surface area contributed by atoms with E-state index in [0.29, 0.717) is 22.6 Å². The lowest BCUT2D eigenvalue weighted by Crippen LogP contribution is -2.29. The van der Waals surface area contributed by atoms with Crippen molar-refractivity contribution < 1.29 is 29.0 Å². The number of anilines is 1. The summed E-state index contributed by atoms with van der Waals surface area (Å²) in [6.45, 7) is 5.16. The SMILES string of the molecule is C=CCOC(=O)c1sc(N2C(=O)C(=O)/C(=C(/O)c3ccccc3)C2c2ccccc2OC)nc1C. The number of esters is 1. The topological polar surface area (TPSA) is 106 Å². The number of amides is 1. The minimum Gasteiger partial charge on any atom is -0.507 e. The van der Waals surface area contributed by atoms with Gasteiger partial charge in [-0.15, -0.1) is 0 Å². The van der Waals surface area contributed by atoms with Gasteiger partial charge >= 0.3 is 11.9 Å². The van der Waals surface area contributed by atoms with Gasteiger partial charge in [0.2, 0.25) is 0 Å². The van der Waals surface area contributed by atoms with Crippen molar-refractivity contribution in [1.82, 2.24) is 4.98 Å². The average molecular weight is 491 g/mol. The number of carbonyl (C=O) groups is 3. The number of thiazole rings is 1. The molecule has 4 rings (SSSR count). The molecule has 0 radical (unpaired) electrons. The summed E-state index contributed by atoms with van der Waals surface area (Å²) in [6, 6.07) is 14.4. The Morgan fingerprint density at radius 1 is 1.17 bits per heavy atom. The van der Waals surface area contributed by atoms with Crippen LogP contribution in [-0.2, 0) is 14.3 Å². The molecule has 0 aliphatic carbocycles. The van der Waals surface area contributed by atoms with Crippen LogP contribution in [0.2, 0.25) is 0 Å². The van der Waals surface area contributed by atoms with Gasteiger partial charge in [0.25, 0.3) is 5.78 Å². The molecule has 0 spiro atoms. The van der Waals surface area contributed by atoms with Crippen molar-refractivity contribution in [3.8, 4) is 5.75 Å². The first-order valence-electron chi connectivity index (χ1n) is 10.6. The number of methoxy groups -OCH3 is 1. The minimum absolute atomic E-state index is 0.0221. The molecule has 178 valence electrons. The zero-order valence-corrected chi connectivity index (χ0v) is 19.9. The molecular weight excluding hydrogens is 468 g/mol. The molecule has 2 aromatic carbocycles. The van der Waals surface area contributed by atoms with E-state index in [-0.39, 0.29) is 27.9 Å². The van der Waals surface area contributed by atoms with E-state index in [1.165, 1.54) is 18.1 Å². The van der Waals surface area contributed by atoms with Crippen molar-refractivity contribution in [1.29, 1.82) is 0 Å². The van der Waals surface area contributed by atoms with E-state index >= 15 is 0 Å². The molecule has 1 atom stereocenters. The predicted molar refractivity (Wildman–Crippen MR) is 132 cm³/mol. The highest BCUT2D eigenvalue weighted by molar-refractivity contribution is 7.17. The van der Waals surface area contributed by atoms with Crippen LogP contribution < -0.4 is 9.64 Å². The van der Waals surface area contributed by atoms with Gasteiger partial charge in [0.1, 0.15) is 29.0 Å². The predicted octanol–water partition coefficient (Wildman–Crippen LogP) is 4.43. The summed E-state index contributed by atoms with van der Waals surface area (Å²) in [6.07, 6.45) is 1.44. The maximum absolute atomic E-state index is 13.3. The van der Waals surface area contributed by atoms with Gasteiger partial charge in [0, 0.05) is 11.1 Å². The summed E-state index contributed by atoms with van der Waals surface area (Å²) in [4.78, 5) is 44.9. The van der Waals surface area contributed by atoms with Crippen LogP contribution in [0.15, 0.2) is 72.8 Å². The van der Waals surface area contributed by atoms with Crippen LogP contribution in [0, 0.1) is 6.92 Å². The van der Waals surface area contributed by atoms with Gasteiger partial charge in [0.15, 0.2) is 5.13 Å². The summed E-state index contributed by atoms with van der Waals surface area (Å²) in [7, 11) is 1.48. The summed E-state index contributed by atoms with van der Waals surface area (Å²) < 4.78 is 10.6. The number of hydrogen-bond donors (Lipinski definition) is 1. The Morgan fingerprint density at radius 2 is 1.86 bits per heavy atom. The highest BCUT2D eigenvalue weighted by atomic mass is 32.1. The van der Waals surface area contributed by atoms with Gasteiger partial charge in [-0.25, -0.2) is 9.78 Å². The van der Waals surface area contributed by atoms with E-state index in [9.17, 15) is 19.5 Å². The highest BCUT2D eigenvalue weighted by Crippen LogP contribution is 2.46. The van der Waals surface area contributed by atoms with E-state index in [0.717, 1.165) is 11.3 Å². The Kier molecular flexibility index (Phi) is 6.79. The molecule has 9 heteroatoms. The van der Waals surface area contributed by atoms with Gasteiger partial charge in [0.05, 0.1) is 18.4 Å². The number of Topliss-reactive ketones (excluding diaryl/α,β-unsaturated/α-hetero) is 1. The van der Waals surface area contributed by atoms with E-state index in [4.69, 9.17) is 9.47 Å². The Labute approximate surface area is 205 Å². The maximum Gasteiger partial charge on any atom is 0.350 e. The van der Waals surface area contributed by atoms with Crippen LogP contribution in [-0.4, -0.2) is 41.5 Å². The van der Waals surface area contributed by atoms with E-state index in [1.54, 1.807) is 61.5 Å². The molecule has 1 aromatic heterocycles. The lowest BCUT2D eigenvalue weighted by atomic mass is 9.95. The second-order valence-electron chi connectivity index (χ2n) is 7.58. The third kappa shape index (κ3) is 4.33. The number of aliphatic hydroxyl groups excluding tert-OH is 1. The minimum atomic E-state index is -1.03. The van der Waals surface area contributed by atoms with Crippen LogP contribution in [0.5, 0.6) is 5.75 Å². The summed E-state index contributed by atoms with van der Waals surface area (Å²) >= 11 is 0.930. The number of aliphatic hydroxyl groups is 1. The van der Waals surface area contributed by atoms with Crippen LogP contribution in [0.1, 0.15) is 32.5 Å². The number of ketones is 1. The van der Waals surface area contributed by atoms with Crippen molar-refractivity contribution in [2.45, 2.75) is 13.0 Å². The zero-order chi connectivity index (χ0) is 25.1. The van der Waals surface area contributed by atoms with Crippen LogP contribution in [0.3, 0.4) is 0 Å². The number of carbonyl (C=O) groups excluding carboxylic acids is 3.